The highest BCUT2D eigenvalue weighted by atomic mass is 127. The summed E-state index contributed by atoms with van der Waals surface area (Å²) in [5.74, 6) is 2.35. The maximum Gasteiger partial charge on any atom is 0.193 e. The molecule has 5 nitrogen and oxygen atoms in total. The summed E-state index contributed by atoms with van der Waals surface area (Å²) in [6.07, 6.45) is 1.02. The fourth-order valence-electron chi connectivity index (χ4n) is 2.40. The molecular formula is C18H26IN3O2S. The smallest absolute Gasteiger partial charge is 0.193 e. The van der Waals surface area contributed by atoms with Crippen molar-refractivity contribution in [1.82, 2.24) is 10.2 Å². The van der Waals surface area contributed by atoms with E-state index in [4.69, 9.17) is 9.47 Å². The molecule has 0 bridgehead atoms. The number of hydrogen-bond acceptors (Lipinski definition) is 4. The van der Waals surface area contributed by atoms with Crippen molar-refractivity contribution in [2.45, 2.75) is 13.0 Å². The number of aliphatic imine (C=N–C) groups is 1. The molecular weight excluding hydrogens is 449 g/mol. The van der Waals surface area contributed by atoms with E-state index in [-0.39, 0.29) is 24.0 Å². The van der Waals surface area contributed by atoms with Gasteiger partial charge in [0.05, 0.1) is 14.2 Å². The third-order valence-corrected chi connectivity index (χ3v) is 4.68. The highest BCUT2D eigenvalue weighted by Gasteiger charge is 2.08. The molecule has 1 aromatic heterocycles. The molecule has 2 rings (SSSR count). The van der Waals surface area contributed by atoms with E-state index in [1.54, 1.807) is 32.6 Å². The summed E-state index contributed by atoms with van der Waals surface area (Å²) in [6, 6.07) is 10.2. The number of nitrogens with one attached hydrogen (secondary N) is 1. The highest BCUT2D eigenvalue weighted by molar-refractivity contribution is 14.0. The first-order valence-corrected chi connectivity index (χ1v) is 8.71. The van der Waals surface area contributed by atoms with Crippen molar-refractivity contribution >= 4 is 41.3 Å². The number of halogens is 1. The van der Waals surface area contributed by atoms with Gasteiger partial charge in [0.25, 0.3) is 0 Å². The Morgan fingerprint density at radius 1 is 1.20 bits per heavy atom. The lowest BCUT2D eigenvalue weighted by molar-refractivity contribution is 0.354. The second kappa shape index (κ2) is 11.2. The van der Waals surface area contributed by atoms with Gasteiger partial charge in [-0.15, -0.1) is 35.3 Å². The van der Waals surface area contributed by atoms with Crippen LogP contribution in [0, 0.1) is 0 Å². The Morgan fingerprint density at radius 2 is 1.96 bits per heavy atom. The number of nitrogens with zero attached hydrogens (tertiary/aromatic N) is 2. The van der Waals surface area contributed by atoms with Gasteiger partial charge in [-0.3, -0.25) is 4.99 Å². The minimum absolute atomic E-state index is 0. The summed E-state index contributed by atoms with van der Waals surface area (Å²) < 4.78 is 10.6. The standard InChI is InChI=1S/C18H25N3O2S.HI/c1-19-18(21(2)10-9-15-6-5-11-24-15)20-13-14-7-8-16(22-3)17(12-14)23-4;/h5-8,11-12H,9-10,13H2,1-4H3,(H,19,20);1H. The molecule has 0 radical (unpaired) electrons. The van der Waals surface area contributed by atoms with Crippen molar-refractivity contribution in [2.24, 2.45) is 4.99 Å². The number of guanidine groups is 1. The second-order valence-corrected chi connectivity index (χ2v) is 6.37. The van der Waals surface area contributed by atoms with Gasteiger partial charge in [-0.2, -0.15) is 0 Å². The van der Waals surface area contributed by atoms with Gasteiger partial charge in [-0.1, -0.05) is 12.1 Å². The zero-order valence-electron chi connectivity index (χ0n) is 15.1. The van der Waals surface area contributed by atoms with Gasteiger partial charge in [0.1, 0.15) is 0 Å². The van der Waals surface area contributed by atoms with E-state index in [1.165, 1.54) is 4.88 Å². The zero-order valence-corrected chi connectivity index (χ0v) is 18.3. The molecule has 0 atom stereocenters. The van der Waals surface area contributed by atoms with Crippen molar-refractivity contribution in [1.29, 1.82) is 0 Å². The van der Waals surface area contributed by atoms with Crippen LogP contribution < -0.4 is 14.8 Å². The second-order valence-electron chi connectivity index (χ2n) is 5.34. The fourth-order valence-corrected chi connectivity index (χ4v) is 3.09. The predicted octanol–water partition coefficient (Wildman–Crippen LogP) is 3.63. The Labute approximate surface area is 171 Å². The number of likely N-dealkylation sites (N-methyl/N-ethyl adjacent to an activating group) is 1. The molecule has 7 heteroatoms. The first-order valence-electron chi connectivity index (χ1n) is 7.83. The number of rotatable bonds is 7. The van der Waals surface area contributed by atoms with Gasteiger partial charge in [0.15, 0.2) is 17.5 Å². The van der Waals surface area contributed by atoms with Crippen molar-refractivity contribution in [3.63, 3.8) is 0 Å². The molecule has 0 saturated heterocycles. The number of benzene rings is 1. The van der Waals surface area contributed by atoms with Gasteiger partial charge in [0.2, 0.25) is 0 Å². The summed E-state index contributed by atoms with van der Waals surface area (Å²) in [5.41, 5.74) is 1.11. The molecule has 25 heavy (non-hydrogen) atoms. The molecule has 0 amide bonds. The molecule has 0 spiro atoms. The quantitative estimate of drug-likeness (QED) is 0.378. The monoisotopic (exact) mass is 475 g/mol. The maximum absolute atomic E-state index is 5.35. The molecule has 0 aliphatic rings. The minimum Gasteiger partial charge on any atom is -0.493 e. The average Bonchev–Trinajstić information content (AvgIpc) is 3.13. The Kier molecular flexibility index (Phi) is 9.66. The van der Waals surface area contributed by atoms with Crippen molar-refractivity contribution in [3.8, 4) is 11.5 Å². The lowest BCUT2D eigenvalue weighted by Crippen LogP contribution is -2.39. The SMILES string of the molecule is CN=C(NCc1ccc(OC)c(OC)c1)N(C)CCc1cccs1.I. The van der Waals surface area contributed by atoms with Gasteiger partial charge in [-0.25, -0.2) is 0 Å². The Hall–Kier alpha value is -1.48. The zero-order chi connectivity index (χ0) is 17.4. The topological polar surface area (TPSA) is 46.1 Å². The largest absolute Gasteiger partial charge is 0.493 e. The molecule has 0 fully saturated rings. The third-order valence-electron chi connectivity index (χ3n) is 3.75. The van der Waals surface area contributed by atoms with E-state index in [0.29, 0.717) is 6.54 Å². The van der Waals surface area contributed by atoms with Crippen molar-refractivity contribution in [2.75, 3.05) is 34.9 Å². The molecule has 1 heterocycles. The molecule has 138 valence electrons. The van der Waals surface area contributed by atoms with E-state index in [2.05, 4.69) is 39.8 Å². The first-order chi connectivity index (χ1) is 11.7. The first kappa shape index (κ1) is 21.6. The molecule has 0 aliphatic carbocycles. The Morgan fingerprint density at radius 3 is 2.56 bits per heavy atom. The van der Waals surface area contributed by atoms with Gasteiger partial charge >= 0.3 is 0 Å². The summed E-state index contributed by atoms with van der Waals surface area (Å²) in [7, 11) is 7.14. The summed E-state index contributed by atoms with van der Waals surface area (Å²) >= 11 is 1.79. The molecule has 2 aromatic rings. The van der Waals surface area contributed by atoms with E-state index in [1.807, 2.05) is 18.2 Å². The van der Waals surface area contributed by atoms with E-state index >= 15 is 0 Å². The Bertz CT molecular complexity index is 662. The van der Waals surface area contributed by atoms with E-state index in [9.17, 15) is 0 Å². The normalized spacial score (nSPS) is 10.8. The third kappa shape index (κ3) is 6.39. The fraction of sp³-hybridized carbons (Fsp3) is 0.389. The summed E-state index contributed by atoms with van der Waals surface area (Å²) in [6.45, 7) is 1.60. The van der Waals surface area contributed by atoms with Crippen molar-refractivity contribution in [3.05, 3.63) is 46.2 Å². The summed E-state index contributed by atoms with van der Waals surface area (Å²) in [4.78, 5) is 7.88. The number of methoxy groups -OCH3 is 2. The van der Waals surface area contributed by atoms with Gasteiger partial charge in [0, 0.05) is 32.1 Å². The van der Waals surface area contributed by atoms with Crippen LogP contribution in [0.1, 0.15) is 10.4 Å². The lowest BCUT2D eigenvalue weighted by Gasteiger charge is -2.22. The molecule has 1 aromatic carbocycles. The van der Waals surface area contributed by atoms with Crippen molar-refractivity contribution < 1.29 is 9.47 Å². The van der Waals surface area contributed by atoms with E-state index in [0.717, 1.165) is 36.0 Å². The number of hydrogen-bond donors (Lipinski definition) is 1. The van der Waals surface area contributed by atoms with Crippen LogP contribution in [-0.4, -0.2) is 45.7 Å². The molecule has 0 unspecified atom stereocenters. The molecule has 0 saturated carbocycles. The van der Waals surface area contributed by atoms with Crippen LogP contribution in [-0.2, 0) is 13.0 Å². The van der Waals surface area contributed by atoms with Crippen LogP contribution in [0.4, 0.5) is 0 Å². The van der Waals surface area contributed by atoms with Gasteiger partial charge < -0.3 is 19.7 Å². The maximum atomic E-state index is 5.35. The van der Waals surface area contributed by atoms with Crippen LogP contribution in [0.5, 0.6) is 11.5 Å². The van der Waals surface area contributed by atoms with Crippen LogP contribution >= 0.6 is 35.3 Å². The minimum atomic E-state index is 0. The van der Waals surface area contributed by atoms with Gasteiger partial charge in [-0.05, 0) is 35.6 Å². The number of ether oxygens (including phenoxy) is 2. The van der Waals surface area contributed by atoms with Crippen LogP contribution in [0.15, 0.2) is 40.7 Å². The average molecular weight is 475 g/mol. The molecule has 0 aliphatic heterocycles. The van der Waals surface area contributed by atoms with Crippen LogP contribution in [0.25, 0.3) is 0 Å². The summed E-state index contributed by atoms with van der Waals surface area (Å²) in [5, 5.41) is 5.50. The lowest BCUT2D eigenvalue weighted by atomic mass is 10.2. The van der Waals surface area contributed by atoms with Crippen LogP contribution in [0.2, 0.25) is 0 Å². The number of thiophene rings is 1. The van der Waals surface area contributed by atoms with Crippen LogP contribution in [0.3, 0.4) is 0 Å². The Balaban J connectivity index is 0.00000312. The predicted molar refractivity (Wildman–Crippen MR) is 116 cm³/mol. The van der Waals surface area contributed by atoms with E-state index < -0.39 is 0 Å². The highest BCUT2D eigenvalue weighted by Crippen LogP contribution is 2.27. The molecule has 1 N–H and O–H groups in total.